The first-order valence-corrected chi connectivity index (χ1v) is 18.3. The van der Waals surface area contributed by atoms with Crippen molar-refractivity contribution in [3.05, 3.63) is 72.2 Å². The lowest BCUT2D eigenvalue weighted by molar-refractivity contribution is -0.112. The molecule has 0 spiro atoms. The summed E-state index contributed by atoms with van der Waals surface area (Å²) < 4.78 is 27.4. The minimum Gasteiger partial charge on any atom is -0.489 e. The van der Waals surface area contributed by atoms with Crippen LogP contribution in [0, 0.1) is 31.0 Å². The number of ether oxygens (including phenoxy) is 2. The highest BCUT2D eigenvalue weighted by molar-refractivity contribution is 9.09. The summed E-state index contributed by atoms with van der Waals surface area (Å²) >= 11 is 3.14. The number of fused-ring (bicyclic) bond motifs is 2. The van der Waals surface area contributed by atoms with Gasteiger partial charge in [0.15, 0.2) is 23.2 Å². The van der Waals surface area contributed by atoms with Gasteiger partial charge in [-0.1, -0.05) is 55.6 Å². The summed E-state index contributed by atoms with van der Waals surface area (Å²) in [5.74, 6) is 5.44. The van der Waals surface area contributed by atoms with Crippen LogP contribution in [0.2, 0.25) is 0 Å². The monoisotopic (exact) mass is 761 g/mol. The van der Waals surface area contributed by atoms with Gasteiger partial charge >= 0.3 is 0 Å². The Kier molecular flexibility index (Phi) is 17.1. The zero-order chi connectivity index (χ0) is 37.2. The lowest BCUT2D eigenvalue weighted by Gasteiger charge is -2.24. The molecule has 0 bridgehead atoms. The Morgan fingerprint density at radius 1 is 1.27 bits per heavy atom. The van der Waals surface area contributed by atoms with Crippen molar-refractivity contribution < 1.29 is 18.7 Å². The SMILES string of the molecule is C#CCC.C/C=N\N1C=CC(Oc2cc(F)c(Nc3ncnc4cc5c(nc34)N(CCCCC)CC(C)CO5)cc2C)=CC1.CC(=O)/C=C/CBr. The summed E-state index contributed by atoms with van der Waals surface area (Å²) in [4.78, 5) is 26.2. The van der Waals surface area contributed by atoms with Crippen molar-refractivity contribution >= 4 is 56.3 Å². The zero-order valence-corrected chi connectivity index (χ0v) is 32.0. The van der Waals surface area contributed by atoms with Gasteiger partial charge in [-0.05, 0) is 57.0 Å². The van der Waals surface area contributed by atoms with Gasteiger partial charge in [0.1, 0.15) is 29.2 Å². The van der Waals surface area contributed by atoms with Crippen LogP contribution in [0.1, 0.15) is 65.9 Å². The number of aromatic nitrogens is 3. The summed E-state index contributed by atoms with van der Waals surface area (Å²) in [7, 11) is 0. The van der Waals surface area contributed by atoms with Gasteiger partial charge < -0.3 is 19.7 Å². The van der Waals surface area contributed by atoms with Gasteiger partial charge in [0.25, 0.3) is 0 Å². The van der Waals surface area contributed by atoms with Crippen LogP contribution < -0.4 is 19.7 Å². The number of halogens is 2. The summed E-state index contributed by atoms with van der Waals surface area (Å²) in [5, 5.41) is 9.90. The molecule has 3 aromatic rings. The zero-order valence-electron chi connectivity index (χ0n) is 30.5. The van der Waals surface area contributed by atoms with Gasteiger partial charge in [-0.2, -0.15) is 5.10 Å². The summed E-state index contributed by atoms with van der Waals surface area (Å²) in [6.07, 6.45) is 21.0. The van der Waals surface area contributed by atoms with Crippen LogP contribution in [-0.2, 0) is 4.79 Å². The fourth-order valence-electron chi connectivity index (χ4n) is 5.00. The minimum absolute atomic E-state index is 0.0967. The average Bonchev–Trinajstić information content (AvgIpc) is 3.27. The molecule has 12 heteroatoms. The molecule has 51 heavy (non-hydrogen) atoms. The van der Waals surface area contributed by atoms with E-state index in [4.69, 9.17) is 20.9 Å². The predicted octanol–water partition coefficient (Wildman–Crippen LogP) is 8.89. The molecule has 2 aliphatic rings. The molecule has 4 heterocycles. The van der Waals surface area contributed by atoms with Crippen LogP contribution in [0.25, 0.3) is 11.0 Å². The Hall–Kier alpha value is -4.76. The number of aryl methyl sites for hydroxylation is 1. The normalized spacial score (nSPS) is 15.1. The lowest BCUT2D eigenvalue weighted by atomic mass is 10.1. The Bertz CT molecular complexity index is 1770. The molecule has 1 unspecified atom stereocenters. The second-order valence-corrected chi connectivity index (χ2v) is 12.6. The van der Waals surface area contributed by atoms with E-state index in [2.05, 4.69) is 61.0 Å². The van der Waals surface area contributed by atoms with Crippen LogP contribution >= 0.6 is 15.9 Å². The fourth-order valence-corrected chi connectivity index (χ4v) is 5.18. The van der Waals surface area contributed by atoms with Gasteiger partial charge in [0.2, 0.25) is 0 Å². The number of unbranched alkanes of at least 4 members (excludes halogenated alkanes) is 2. The van der Waals surface area contributed by atoms with E-state index in [1.807, 2.05) is 39.1 Å². The molecule has 0 aliphatic carbocycles. The Labute approximate surface area is 310 Å². The quantitative estimate of drug-likeness (QED) is 0.0675. The van der Waals surface area contributed by atoms with Gasteiger partial charge in [-0.3, -0.25) is 9.80 Å². The van der Waals surface area contributed by atoms with Crippen LogP contribution in [-0.4, -0.2) is 63.5 Å². The summed E-state index contributed by atoms with van der Waals surface area (Å²) in [6, 6.07) is 5.01. The molecule has 2 aliphatic heterocycles. The maximum Gasteiger partial charge on any atom is 0.172 e. The number of carbonyl (C=O) groups is 1. The first-order valence-electron chi connectivity index (χ1n) is 17.2. The standard InChI is InChI=1S/C30H36FN7O2.C5H7BrO.C4H6/c1-5-7-8-11-37-17-20(3)18-39-27-16-25-28(36-30(27)37)29(33-19-32-25)35-24-14-21(4)26(15-23(24)31)40-22-9-12-38(13-10-22)34-6-2;1-5(7)3-2-4-6;1-3-4-2/h6,9-10,12,14-16,19-20H,5,7-8,11,13,17-18H2,1-4H3,(H,32,33,35);2-3H,4H2,1H3;1H,4H2,2H3/b34-6-;3-2+;. The summed E-state index contributed by atoms with van der Waals surface area (Å²) in [5.41, 5.74) is 2.25. The Morgan fingerprint density at radius 3 is 2.69 bits per heavy atom. The van der Waals surface area contributed by atoms with Crippen molar-refractivity contribution in [2.75, 3.05) is 41.8 Å². The number of alkyl halides is 1. The van der Waals surface area contributed by atoms with E-state index in [9.17, 15) is 4.79 Å². The van der Waals surface area contributed by atoms with Gasteiger partial charge in [0, 0.05) is 55.3 Å². The molecule has 0 amide bonds. The highest BCUT2D eigenvalue weighted by Gasteiger charge is 2.24. The number of hydrazone groups is 1. The Balaban J connectivity index is 0.000000557. The third kappa shape index (κ3) is 12.8. The van der Waals surface area contributed by atoms with Crippen LogP contribution in [0.5, 0.6) is 11.5 Å². The number of terminal acetylenes is 1. The first kappa shape index (κ1) is 40.7. The van der Waals surface area contributed by atoms with Crippen molar-refractivity contribution in [1.29, 1.82) is 0 Å². The van der Waals surface area contributed by atoms with Crippen LogP contribution in [0.15, 0.2) is 65.9 Å². The van der Waals surface area contributed by atoms with E-state index in [1.165, 1.54) is 25.4 Å². The van der Waals surface area contributed by atoms with E-state index in [0.717, 1.165) is 61.2 Å². The number of ketones is 1. The maximum absolute atomic E-state index is 15.3. The van der Waals surface area contributed by atoms with E-state index in [-0.39, 0.29) is 11.5 Å². The molecule has 1 aromatic carbocycles. The second-order valence-electron chi connectivity index (χ2n) is 11.9. The molecule has 0 saturated carbocycles. The Morgan fingerprint density at radius 2 is 2.06 bits per heavy atom. The smallest absolute Gasteiger partial charge is 0.172 e. The van der Waals surface area contributed by atoms with E-state index < -0.39 is 5.82 Å². The second kappa shape index (κ2) is 21.5. The molecule has 0 fully saturated rings. The largest absolute Gasteiger partial charge is 0.489 e. The molecule has 2 aromatic heterocycles. The predicted molar refractivity (Wildman–Crippen MR) is 210 cm³/mol. The minimum atomic E-state index is -0.460. The number of carbonyl (C=O) groups excluding carboxylic acids is 1. The van der Waals surface area contributed by atoms with E-state index >= 15 is 4.39 Å². The van der Waals surface area contributed by atoms with Gasteiger partial charge in [-0.25, -0.2) is 19.3 Å². The average molecular weight is 763 g/mol. The highest BCUT2D eigenvalue weighted by Crippen LogP contribution is 2.36. The molecule has 1 atom stereocenters. The number of hydrogen-bond acceptors (Lipinski definition) is 10. The highest BCUT2D eigenvalue weighted by atomic mass is 79.9. The molecule has 10 nitrogen and oxygen atoms in total. The molecular weight excluding hydrogens is 713 g/mol. The van der Waals surface area contributed by atoms with E-state index in [0.29, 0.717) is 47.4 Å². The number of nitrogens with one attached hydrogen (secondary N) is 1. The molecule has 1 N–H and O–H groups in total. The first-order chi connectivity index (χ1) is 24.6. The number of benzene rings is 1. The number of pyridine rings is 1. The third-order valence-electron chi connectivity index (χ3n) is 7.49. The topological polar surface area (TPSA) is 105 Å². The molecule has 0 saturated heterocycles. The molecular formula is C39H49BrFN7O3. The van der Waals surface area contributed by atoms with Crippen molar-refractivity contribution in [2.24, 2.45) is 11.0 Å². The van der Waals surface area contributed by atoms with Gasteiger partial charge in [-0.15, -0.1) is 12.3 Å². The van der Waals surface area contributed by atoms with Crippen molar-refractivity contribution in [2.45, 2.75) is 67.2 Å². The van der Waals surface area contributed by atoms with Crippen molar-refractivity contribution in [3.63, 3.8) is 0 Å². The van der Waals surface area contributed by atoms with Crippen LogP contribution in [0.3, 0.4) is 0 Å². The number of allylic oxidation sites excluding steroid dienone is 3. The fraction of sp³-hybridized carbons (Fsp3) is 0.410. The number of hydrogen-bond donors (Lipinski definition) is 1. The van der Waals surface area contributed by atoms with Gasteiger partial charge in [0.05, 0.1) is 24.4 Å². The molecule has 272 valence electrons. The number of nitrogens with zero attached hydrogens (tertiary/aromatic N) is 6. The van der Waals surface area contributed by atoms with E-state index in [1.54, 1.807) is 29.4 Å². The number of rotatable bonds is 11. The maximum atomic E-state index is 15.3. The van der Waals surface area contributed by atoms with Crippen LogP contribution in [0.4, 0.5) is 21.7 Å². The van der Waals surface area contributed by atoms with Crippen molar-refractivity contribution in [1.82, 2.24) is 20.0 Å². The summed E-state index contributed by atoms with van der Waals surface area (Å²) in [6.45, 7) is 14.5. The molecule has 0 radical (unpaired) electrons. The number of anilines is 3. The molecule has 5 rings (SSSR count). The lowest BCUT2D eigenvalue weighted by Crippen LogP contribution is -2.30. The third-order valence-corrected chi connectivity index (χ3v) is 7.86. The van der Waals surface area contributed by atoms with Crippen molar-refractivity contribution in [3.8, 4) is 23.8 Å².